The van der Waals surface area contributed by atoms with Crippen LogP contribution in [0.5, 0.6) is 0 Å². The highest BCUT2D eigenvalue weighted by Gasteiger charge is 2.33. The molecule has 2 heterocycles. The molecule has 0 radical (unpaired) electrons. The maximum atomic E-state index is 10.9. The van der Waals surface area contributed by atoms with E-state index in [4.69, 9.17) is 5.11 Å². The molecule has 2 unspecified atom stereocenters. The van der Waals surface area contributed by atoms with Gasteiger partial charge in [0.1, 0.15) is 0 Å². The molecule has 2 rings (SSSR count). The lowest BCUT2D eigenvalue weighted by Gasteiger charge is -2.37. The molecular formula is C11H20N2O2. The van der Waals surface area contributed by atoms with Crippen LogP contribution in [-0.2, 0) is 4.79 Å². The zero-order chi connectivity index (χ0) is 10.8. The second-order valence-corrected chi connectivity index (χ2v) is 4.88. The first kappa shape index (κ1) is 10.9. The molecule has 2 fully saturated rings. The number of hydrogen-bond donors (Lipinski definition) is 1. The molecule has 0 spiro atoms. The van der Waals surface area contributed by atoms with Gasteiger partial charge in [-0.15, -0.1) is 0 Å². The van der Waals surface area contributed by atoms with Crippen LogP contribution in [0.4, 0.5) is 0 Å². The van der Waals surface area contributed by atoms with Crippen molar-refractivity contribution in [2.24, 2.45) is 5.92 Å². The van der Waals surface area contributed by atoms with Gasteiger partial charge in [0.25, 0.3) is 0 Å². The number of hydrogen-bond acceptors (Lipinski definition) is 3. The number of rotatable bonds is 1. The molecule has 0 amide bonds. The van der Waals surface area contributed by atoms with E-state index in [1.54, 1.807) is 0 Å². The average Bonchev–Trinajstić information content (AvgIpc) is 2.37. The van der Waals surface area contributed by atoms with Gasteiger partial charge in [0.05, 0.1) is 5.92 Å². The van der Waals surface area contributed by atoms with Crippen molar-refractivity contribution < 1.29 is 9.90 Å². The summed E-state index contributed by atoms with van der Waals surface area (Å²) in [4.78, 5) is 15.7. The van der Waals surface area contributed by atoms with E-state index in [0.29, 0.717) is 6.04 Å². The molecule has 15 heavy (non-hydrogen) atoms. The number of carboxylic acids is 1. The first-order chi connectivity index (χ1) is 7.16. The van der Waals surface area contributed by atoms with E-state index in [2.05, 4.69) is 16.8 Å². The topological polar surface area (TPSA) is 43.8 Å². The lowest BCUT2D eigenvalue weighted by molar-refractivity contribution is -0.144. The van der Waals surface area contributed by atoms with E-state index in [1.807, 2.05) is 0 Å². The number of likely N-dealkylation sites (N-methyl/N-ethyl adjacent to an activating group) is 1. The minimum atomic E-state index is -0.619. The number of carbonyl (C=O) groups is 1. The van der Waals surface area contributed by atoms with Crippen LogP contribution in [0.15, 0.2) is 0 Å². The zero-order valence-electron chi connectivity index (χ0n) is 9.35. The molecular weight excluding hydrogens is 192 g/mol. The van der Waals surface area contributed by atoms with Crippen molar-refractivity contribution in [1.29, 1.82) is 0 Å². The average molecular weight is 212 g/mol. The summed E-state index contributed by atoms with van der Waals surface area (Å²) in [7, 11) is 2.16. The van der Waals surface area contributed by atoms with Crippen LogP contribution in [0.1, 0.15) is 19.3 Å². The van der Waals surface area contributed by atoms with Crippen molar-refractivity contribution in [2.45, 2.75) is 25.3 Å². The minimum absolute atomic E-state index is 0.135. The highest BCUT2D eigenvalue weighted by Crippen LogP contribution is 2.24. The predicted octanol–water partition coefficient (Wildman–Crippen LogP) is 0.487. The molecule has 0 aliphatic carbocycles. The Bertz CT molecular complexity index is 245. The van der Waals surface area contributed by atoms with Crippen LogP contribution in [-0.4, -0.2) is 60.1 Å². The van der Waals surface area contributed by atoms with Gasteiger partial charge in [-0.2, -0.15) is 0 Å². The highest BCUT2D eigenvalue weighted by molar-refractivity contribution is 5.70. The third kappa shape index (κ3) is 2.49. The fourth-order valence-corrected chi connectivity index (χ4v) is 2.78. The molecule has 0 saturated carbocycles. The number of aliphatic carboxylic acids is 1. The van der Waals surface area contributed by atoms with Crippen LogP contribution < -0.4 is 0 Å². The van der Waals surface area contributed by atoms with E-state index in [1.165, 1.54) is 6.42 Å². The summed E-state index contributed by atoms with van der Waals surface area (Å²) in [6, 6.07) is 0.591. The van der Waals surface area contributed by atoms with E-state index in [-0.39, 0.29) is 5.92 Å². The molecule has 0 aromatic heterocycles. The minimum Gasteiger partial charge on any atom is -0.481 e. The van der Waals surface area contributed by atoms with Gasteiger partial charge in [-0.3, -0.25) is 9.69 Å². The van der Waals surface area contributed by atoms with E-state index in [9.17, 15) is 4.79 Å². The largest absolute Gasteiger partial charge is 0.481 e. The standard InChI is InChI=1S/C11H20N2O2/c1-12-5-2-6-13-7-9(11(14)15)3-4-10(13)8-12/h9-10H,2-8H2,1H3,(H,14,15). The summed E-state index contributed by atoms with van der Waals surface area (Å²) in [6.07, 6.45) is 3.06. The normalized spacial score (nSPS) is 34.5. The van der Waals surface area contributed by atoms with Gasteiger partial charge in [-0.25, -0.2) is 0 Å². The van der Waals surface area contributed by atoms with Crippen molar-refractivity contribution in [3.05, 3.63) is 0 Å². The third-order valence-electron chi connectivity index (χ3n) is 3.68. The molecule has 1 N–H and O–H groups in total. The lowest BCUT2D eigenvalue weighted by atomic mass is 9.93. The maximum Gasteiger partial charge on any atom is 0.307 e. The van der Waals surface area contributed by atoms with E-state index < -0.39 is 5.97 Å². The van der Waals surface area contributed by atoms with Gasteiger partial charge >= 0.3 is 5.97 Å². The highest BCUT2D eigenvalue weighted by atomic mass is 16.4. The Morgan fingerprint density at radius 2 is 2.07 bits per heavy atom. The number of nitrogens with zero attached hydrogens (tertiary/aromatic N) is 2. The molecule has 4 nitrogen and oxygen atoms in total. The monoisotopic (exact) mass is 212 g/mol. The van der Waals surface area contributed by atoms with Gasteiger partial charge in [-0.1, -0.05) is 0 Å². The molecule has 4 heteroatoms. The predicted molar refractivity (Wildman–Crippen MR) is 57.8 cm³/mol. The Kier molecular flexibility index (Phi) is 3.26. The van der Waals surface area contributed by atoms with Gasteiger partial charge in [0.15, 0.2) is 0 Å². The Balaban J connectivity index is 1.98. The van der Waals surface area contributed by atoms with Crippen LogP contribution in [0.2, 0.25) is 0 Å². The summed E-state index contributed by atoms with van der Waals surface area (Å²) in [5.74, 6) is -0.754. The van der Waals surface area contributed by atoms with E-state index >= 15 is 0 Å². The fraction of sp³-hybridized carbons (Fsp3) is 0.909. The molecule has 2 aliphatic rings. The molecule has 0 aromatic carbocycles. The molecule has 2 atom stereocenters. The van der Waals surface area contributed by atoms with Crippen molar-refractivity contribution in [2.75, 3.05) is 33.2 Å². The van der Waals surface area contributed by atoms with Gasteiger partial charge in [0, 0.05) is 19.1 Å². The smallest absolute Gasteiger partial charge is 0.307 e. The Labute approximate surface area is 90.9 Å². The third-order valence-corrected chi connectivity index (χ3v) is 3.68. The Morgan fingerprint density at radius 3 is 2.80 bits per heavy atom. The number of fused-ring (bicyclic) bond motifs is 1. The van der Waals surface area contributed by atoms with Gasteiger partial charge < -0.3 is 10.0 Å². The summed E-state index contributed by atoms with van der Waals surface area (Å²) in [5.41, 5.74) is 0. The van der Waals surface area contributed by atoms with Crippen LogP contribution in [0, 0.1) is 5.92 Å². The molecule has 2 saturated heterocycles. The second-order valence-electron chi connectivity index (χ2n) is 4.88. The number of piperidine rings is 1. The summed E-state index contributed by atoms with van der Waals surface area (Å²) >= 11 is 0. The zero-order valence-corrected chi connectivity index (χ0v) is 9.35. The Hall–Kier alpha value is -0.610. The first-order valence-electron chi connectivity index (χ1n) is 5.82. The molecule has 86 valence electrons. The van der Waals surface area contributed by atoms with Crippen LogP contribution in [0.25, 0.3) is 0 Å². The van der Waals surface area contributed by atoms with Crippen molar-refractivity contribution in [1.82, 2.24) is 9.80 Å². The SMILES string of the molecule is CN1CCCN2CC(C(=O)O)CCC2C1. The molecule has 2 aliphatic heterocycles. The second kappa shape index (κ2) is 4.49. The van der Waals surface area contributed by atoms with Crippen molar-refractivity contribution in [3.8, 4) is 0 Å². The van der Waals surface area contributed by atoms with Gasteiger partial charge in [-0.05, 0) is 39.4 Å². The van der Waals surface area contributed by atoms with Crippen molar-refractivity contribution in [3.63, 3.8) is 0 Å². The van der Waals surface area contributed by atoms with E-state index in [0.717, 1.165) is 39.0 Å². The lowest BCUT2D eigenvalue weighted by Crippen LogP contribution is -2.48. The summed E-state index contributed by atoms with van der Waals surface area (Å²) in [5, 5.41) is 9.01. The number of carboxylic acid groups (broad SMARTS) is 1. The first-order valence-corrected chi connectivity index (χ1v) is 5.82. The summed E-state index contributed by atoms with van der Waals surface area (Å²) < 4.78 is 0. The Morgan fingerprint density at radius 1 is 1.27 bits per heavy atom. The maximum absolute atomic E-state index is 10.9. The molecule has 0 bridgehead atoms. The molecule has 0 aromatic rings. The van der Waals surface area contributed by atoms with Crippen LogP contribution in [0.3, 0.4) is 0 Å². The van der Waals surface area contributed by atoms with Crippen molar-refractivity contribution >= 4 is 5.97 Å². The fourth-order valence-electron chi connectivity index (χ4n) is 2.78. The quantitative estimate of drug-likeness (QED) is 0.687. The summed E-state index contributed by atoms with van der Waals surface area (Å²) in [6.45, 7) is 4.07. The van der Waals surface area contributed by atoms with Crippen LogP contribution >= 0.6 is 0 Å². The van der Waals surface area contributed by atoms with Gasteiger partial charge in [0.2, 0.25) is 0 Å².